The van der Waals surface area contributed by atoms with Crippen LogP contribution in [0.1, 0.15) is 21.7 Å². The molecule has 0 saturated carbocycles. The number of carbonyl (C=O) groups excluding carboxylic acids is 2. The lowest BCUT2D eigenvalue weighted by atomic mass is 10.1. The molecule has 2 aromatic carbocycles. The number of imide groups is 1. The van der Waals surface area contributed by atoms with Crippen LogP contribution in [0.15, 0.2) is 64.7 Å². The Morgan fingerprint density at radius 3 is 2.58 bits per heavy atom. The molecule has 31 heavy (non-hydrogen) atoms. The molecular weight excluding hydrogens is 427 g/mol. The maximum absolute atomic E-state index is 13.1. The average molecular weight is 441 g/mol. The van der Waals surface area contributed by atoms with E-state index in [9.17, 15) is 18.8 Å². The monoisotopic (exact) mass is 440 g/mol. The molecular formula is C22H14ClFN2O5. The van der Waals surface area contributed by atoms with E-state index in [1.807, 2.05) is 0 Å². The molecule has 0 unspecified atom stereocenters. The van der Waals surface area contributed by atoms with Crippen LogP contribution in [0.25, 0.3) is 17.4 Å². The molecule has 4 rings (SSSR count). The molecule has 1 fully saturated rings. The van der Waals surface area contributed by atoms with Gasteiger partial charge in [0.05, 0.1) is 17.1 Å². The Morgan fingerprint density at radius 2 is 1.87 bits per heavy atom. The van der Waals surface area contributed by atoms with Crippen LogP contribution in [0, 0.1) is 5.82 Å². The van der Waals surface area contributed by atoms with Crippen molar-refractivity contribution < 1.29 is 28.3 Å². The number of carboxylic acids is 1. The van der Waals surface area contributed by atoms with Crippen LogP contribution in [-0.4, -0.2) is 27.9 Å². The summed E-state index contributed by atoms with van der Waals surface area (Å²) in [7, 11) is 0. The van der Waals surface area contributed by atoms with Crippen LogP contribution < -0.4 is 5.32 Å². The number of hydrogen-bond acceptors (Lipinski definition) is 4. The molecule has 1 aromatic heterocycles. The van der Waals surface area contributed by atoms with Crippen molar-refractivity contribution in [3.8, 4) is 11.3 Å². The number of nitrogens with zero attached hydrogens (tertiary/aromatic N) is 1. The summed E-state index contributed by atoms with van der Waals surface area (Å²) in [6, 6.07) is 12.2. The van der Waals surface area contributed by atoms with Crippen LogP contribution in [0.3, 0.4) is 0 Å². The Labute approximate surface area is 180 Å². The molecule has 0 atom stereocenters. The first-order valence-electron chi connectivity index (χ1n) is 9.04. The fraction of sp³-hybridized carbons (Fsp3) is 0.0455. The minimum Gasteiger partial charge on any atom is -0.478 e. The zero-order valence-electron chi connectivity index (χ0n) is 15.8. The van der Waals surface area contributed by atoms with E-state index in [2.05, 4.69) is 5.32 Å². The number of rotatable bonds is 5. The van der Waals surface area contributed by atoms with Gasteiger partial charge >= 0.3 is 12.0 Å². The first kappa shape index (κ1) is 20.4. The van der Waals surface area contributed by atoms with Crippen molar-refractivity contribution in [3.05, 3.63) is 88.0 Å². The number of amides is 3. The number of benzene rings is 2. The predicted molar refractivity (Wildman–Crippen MR) is 110 cm³/mol. The van der Waals surface area contributed by atoms with E-state index in [-0.39, 0.29) is 23.6 Å². The van der Waals surface area contributed by atoms with E-state index in [1.54, 1.807) is 12.1 Å². The number of hydrogen-bond donors (Lipinski definition) is 2. The van der Waals surface area contributed by atoms with Gasteiger partial charge in [-0.1, -0.05) is 23.7 Å². The smallest absolute Gasteiger partial charge is 0.335 e. The van der Waals surface area contributed by atoms with Crippen LogP contribution >= 0.6 is 11.6 Å². The maximum Gasteiger partial charge on any atom is 0.335 e. The molecule has 156 valence electrons. The zero-order valence-corrected chi connectivity index (χ0v) is 16.5. The molecule has 7 nitrogen and oxygen atoms in total. The number of carbonyl (C=O) groups is 3. The molecule has 9 heteroatoms. The first-order chi connectivity index (χ1) is 14.8. The second-order valence-corrected chi connectivity index (χ2v) is 7.11. The normalized spacial score (nSPS) is 14.9. The highest BCUT2D eigenvalue weighted by Gasteiger charge is 2.33. The molecule has 1 aliphatic heterocycles. The van der Waals surface area contributed by atoms with Crippen molar-refractivity contribution >= 4 is 35.6 Å². The molecule has 1 saturated heterocycles. The van der Waals surface area contributed by atoms with Gasteiger partial charge in [-0.25, -0.2) is 14.0 Å². The van der Waals surface area contributed by atoms with Gasteiger partial charge in [0.1, 0.15) is 23.0 Å². The van der Waals surface area contributed by atoms with E-state index in [4.69, 9.17) is 21.1 Å². The summed E-state index contributed by atoms with van der Waals surface area (Å²) in [5.74, 6) is -1.51. The Kier molecular flexibility index (Phi) is 5.31. The molecule has 2 N–H and O–H groups in total. The van der Waals surface area contributed by atoms with Crippen molar-refractivity contribution in [2.24, 2.45) is 0 Å². The van der Waals surface area contributed by atoms with Gasteiger partial charge in [0.2, 0.25) is 0 Å². The van der Waals surface area contributed by atoms with Crippen LogP contribution in [0.4, 0.5) is 9.18 Å². The van der Waals surface area contributed by atoms with Crippen LogP contribution in [-0.2, 0) is 11.3 Å². The first-order valence-corrected chi connectivity index (χ1v) is 9.41. The lowest BCUT2D eigenvalue weighted by molar-refractivity contribution is -0.123. The van der Waals surface area contributed by atoms with E-state index in [1.165, 1.54) is 48.5 Å². The summed E-state index contributed by atoms with van der Waals surface area (Å²) in [5.41, 5.74) is 1.04. The van der Waals surface area contributed by atoms with Crippen molar-refractivity contribution in [1.29, 1.82) is 0 Å². The van der Waals surface area contributed by atoms with E-state index >= 15 is 0 Å². The number of urea groups is 1. The second kappa shape index (κ2) is 8.08. The third-order valence-corrected chi connectivity index (χ3v) is 4.94. The molecule has 0 aliphatic carbocycles. The number of nitrogens with one attached hydrogen (secondary N) is 1. The minimum atomic E-state index is -1.10. The summed E-state index contributed by atoms with van der Waals surface area (Å²) in [6.07, 6.45) is 1.36. The fourth-order valence-electron chi connectivity index (χ4n) is 3.05. The van der Waals surface area contributed by atoms with Gasteiger partial charge in [-0.2, -0.15) is 0 Å². The van der Waals surface area contributed by atoms with E-state index in [0.29, 0.717) is 21.9 Å². The largest absolute Gasteiger partial charge is 0.478 e. The lowest BCUT2D eigenvalue weighted by Gasteiger charge is -2.11. The molecule has 3 aromatic rings. The summed E-state index contributed by atoms with van der Waals surface area (Å²) in [6.45, 7) is -0.0106. The van der Waals surface area contributed by atoms with Crippen LogP contribution in [0.2, 0.25) is 5.02 Å². The van der Waals surface area contributed by atoms with E-state index in [0.717, 1.165) is 4.90 Å². The molecule has 1 aliphatic rings. The average Bonchev–Trinajstić information content (AvgIpc) is 3.30. The zero-order chi connectivity index (χ0) is 22.1. The predicted octanol–water partition coefficient (Wildman–Crippen LogP) is 4.53. The molecule has 3 amide bonds. The summed E-state index contributed by atoms with van der Waals surface area (Å²) in [5, 5.41) is 11.9. The van der Waals surface area contributed by atoms with Gasteiger partial charge in [-0.05, 0) is 48.0 Å². The van der Waals surface area contributed by atoms with Crippen molar-refractivity contribution in [2.45, 2.75) is 6.54 Å². The number of carboxylic acid groups (broad SMARTS) is 1. The highest BCUT2D eigenvalue weighted by Crippen LogP contribution is 2.31. The molecule has 0 spiro atoms. The van der Waals surface area contributed by atoms with Gasteiger partial charge < -0.3 is 14.8 Å². The van der Waals surface area contributed by atoms with Gasteiger partial charge in [0.15, 0.2) is 0 Å². The number of aromatic carboxylic acids is 1. The Morgan fingerprint density at radius 1 is 1.13 bits per heavy atom. The number of halogens is 2. The van der Waals surface area contributed by atoms with Gasteiger partial charge in [0.25, 0.3) is 5.91 Å². The Balaban J connectivity index is 1.56. The number of furan rings is 1. The molecule has 2 heterocycles. The molecule has 0 radical (unpaired) electrons. The molecule has 0 bridgehead atoms. The Hall–Kier alpha value is -3.91. The van der Waals surface area contributed by atoms with Gasteiger partial charge in [-0.15, -0.1) is 0 Å². The topological polar surface area (TPSA) is 99.9 Å². The SMILES string of the molecule is O=C(O)c1ccc(Cl)c(-c2ccc(/C=C3/NC(=O)N(Cc4ccc(F)cc4)C3=O)o2)c1. The van der Waals surface area contributed by atoms with Gasteiger partial charge in [0, 0.05) is 11.6 Å². The summed E-state index contributed by atoms with van der Waals surface area (Å²) < 4.78 is 18.7. The third-order valence-electron chi connectivity index (χ3n) is 4.61. The summed E-state index contributed by atoms with van der Waals surface area (Å²) in [4.78, 5) is 37.0. The Bertz CT molecular complexity index is 1230. The van der Waals surface area contributed by atoms with Gasteiger partial charge in [-0.3, -0.25) is 9.69 Å². The lowest BCUT2D eigenvalue weighted by Crippen LogP contribution is -2.30. The maximum atomic E-state index is 13.1. The minimum absolute atomic E-state index is 0.0106. The standard InChI is InChI=1S/C22H14ClFN2O5/c23-17-7-3-13(21(28)29)9-16(17)19-8-6-15(31-19)10-18-20(27)26(22(30)25-18)11-12-1-4-14(24)5-2-12/h1-10H,11H2,(H,25,30)(H,28,29)/b18-10+. The fourth-order valence-corrected chi connectivity index (χ4v) is 3.26. The van der Waals surface area contributed by atoms with Crippen molar-refractivity contribution in [2.75, 3.05) is 0 Å². The van der Waals surface area contributed by atoms with Crippen LogP contribution in [0.5, 0.6) is 0 Å². The van der Waals surface area contributed by atoms with E-state index < -0.39 is 23.7 Å². The van der Waals surface area contributed by atoms with Crippen molar-refractivity contribution in [3.63, 3.8) is 0 Å². The third kappa shape index (κ3) is 4.19. The highest BCUT2D eigenvalue weighted by molar-refractivity contribution is 6.33. The van der Waals surface area contributed by atoms with Crippen molar-refractivity contribution in [1.82, 2.24) is 10.2 Å². The highest BCUT2D eigenvalue weighted by atomic mass is 35.5. The summed E-state index contributed by atoms with van der Waals surface area (Å²) >= 11 is 6.15. The quantitative estimate of drug-likeness (QED) is 0.448. The second-order valence-electron chi connectivity index (χ2n) is 6.71.